The third kappa shape index (κ3) is 3.59. The minimum Gasteiger partial charge on any atom is -0.384 e. The van der Waals surface area contributed by atoms with Gasteiger partial charge in [0.1, 0.15) is 6.61 Å². The summed E-state index contributed by atoms with van der Waals surface area (Å²) in [5.74, 6) is 6.21. The van der Waals surface area contributed by atoms with Crippen molar-refractivity contribution < 1.29 is 9.90 Å². The van der Waals surface area contributed by atoms with E-state index in [0.717, 1.165) is 35.7 Å². The van der Waals surface area contributed by atoms with Crippen LogP contribution in [0.4, 0.5) is 0 Å². The minimum absolute atomic E-state index is 0.125. The molecule has 0 bridgehead atoms. The lowest BCUT2D eigenvalue weighted by Crippen LogP contribution is -2.39. The third-order valence-corrected chi connectivity index (χ3v) is 4.48. The third-order valence-electron chi connectivity index (χ3n) is 3.49. The summed E-state index contributed by atoms with van der Waals surface area (Å²) >= 11 is 1.41. The van der Waals surface area contributed by atoms with Crippen LogP contribution in [0.15, 0.2) is 12.1 Å². The lowest BCUT2D eigenvalue weighted by Gasteiger charge is -2.32. The van der Waals surface area contributed by atoms with Crippen LogP contribution in [0, 0.1) is 17.8 Å². The second kappa shape index (κ2) is 6.74. The molecule has 1 aliphatic rings. The molecule has 2 heterocycles. The van der Waals surface area contributed by atoms with E-state index in [0.29, 0.717) is 5.92 Å². The molecule has 19 heavy (non-hydrogen) atoms. The van der Waals surface area contributed by atoms with E-state index in [4.69, 9.17) is 5.11 Å². The fourth-order valence-electron chi connectivity index (χ4n) is 2.39. The molecule has 1 fully saturated rings. The van der Waals surface area contributed by atoms with Crippen molar-refractivity contribution in [1.29, 1.82) is 0 Å². The number of aliphatic hydroxyl groups excluding tert-OH is 1. The van der Waals surface area contributed by atoms with Crippen molar-refractivity contribution in [1.82, 2.24) is 4.90 Å². The Kier molecular flexibility index (Phi) is 5.00. The Morgan fingerprint density at radius 2 is 2.42 bits per heavy atom. The van der Waals surface area contributed by atoms with Crippen LogP contribution in [0.2, 0.25) is 0 Å². The van der Waals surface area contributed by atoms with Gasteiger partial charge >= 0.3 is 0 Å². The molecule has 1 unspecified atom stereocenters. The van der Waals surface area contributed by atoms with Gasteiger partial charge in [-0.3, -0.25) is 4.79 Å². The van der Waals surface area contributed by atoms with E-state index >= 15 is 0 Å². The van der Waals surface area contributed by atoms with Crippen molar-refractivity contribution in [3.63, 3.8) is 0 Å². The van der Waals surface area contributed by atoms with Gasteiger partial charge in [-0.25, -0.2) is 0 Å². The second-order valence-corrected chi connectivity index (χ2v) is 5.88. The predicted molar refractivity (Wildman–Crippen MR) is 77.2 cm³/mol. The van der Waals surface area contributed by atoms with Crippen LogP contribution in [0.3, 0.4) is 0 Å². The number of aliphatic hydroxyl groups is 1. The van der Waals surface area contributed by atoms with E-state index in [-0.39, 0.29) is 12.5 Å². The van der Waals surface area contributed by atoms with Crippen molar-refractivity contribution in [2.24, 2.45) is 5.92 Å². The van der Waals surface area contributed by atoms with Crippen LogP contribution in [0.5, 0.6) is 0 Å². The number of rotatable bonds is 2. The number of piperidine rings is 1. The zero-order chi connectivity index (χ0) is 13.7. The molecular weight excluding hydrogens is 258 g/mol. The quantitative estimate of drug-likeness (QED) is 0.843. The van der Waals surface area contributed by atoms with Crippen molar-refractivity contribution in [3.8, 4) is 11.8 Å². The molecule has 1 amide bonds. The highest BCUT2D eigenvalue weighted by atomic mass is 32.1. The topological polar surface area (TPSA) is 40.5 Å². The summed E-state index contributed by atoms with van der Waals surface area (Å²) in [6.45, 7) is 3.79. The van der Waals surface area contributed by atoms with Gasteiger partial charge in [0.25, 0.3) is 5.91 Å². The first-order valence-electron chi connectivity index (χ1n) is 6.73. The van der Waals surface area contributed by atoms with E-state index in [9.17, 15) is 4.79 Å². The summed E-state index contributed by atoms with van der Waals surface area (Å²) in [7, 11) is 0. The molecular formula is C15H19NO2S. The van der Waals surface area contributed by atoms with Gasteiger partial charge in [0.05, 0.1) is 9.75 Å². The first-order valence-corrected chi connectivity index (χ1v) is 7.55. The first-order chi connectivity index (χ1) is 9.24. The van der Waals surface area contributed by atoms with Gasteiger partial charge in [-0.2, -0.15) is 0 Å². The van der Waals surface area contributed by atoms with Crippen LogP contribution in [0.25, 0.3) is 0 Å². The number of carbonyl (C=O) groups is 1. The van der Waals surface area contributed by atoms with E-state index in [1.54, 1.807) is 0 Å². The summed E-state index contributed by atoms with van der Waals surface area (Å²) in [6, 6.07) is 3.69. The van der Waals surface area contributed by atoms with Crippen molar-refractivity contribution in [3.05, 3.63) is 21.9 Å². The number of likely N-dealkylation sites (tertiary alicyclic amines) is 1. The molecule has 1 aromatic rings. The zero-order valence-corrected chi connectivity index (χ0v) is 12.0. The zero-order valence-electron chi connectivity index (χ0n) is 11.2. The smallest absolute Gasteiger partial charge is 0.263 e. The first kappa shape index (κ1) is 14.1. The van der Waals surface area contributed by atoms with Gasteiger partial charge < -0.3 is 10.0 Å². The van der Waals surface area contributed by atoms with E-state index in [2.05, 4.69) is 18.8 Å². The van der Waals surface area contributed by atoms with E-state index < -0.39 is 0 Å². The number of thiophene rings is 1. The summed E-state index contributed by atoms with van der Waals surface area (Å²) in [4.78, 5) is 15.9. The molecule has 2 rings (SSSR count). The average molecular weight is 277 g/mol. The Labute approximate surface area is 118 Å². The molecule has 4 heteroatoms. The maximum absolute atomic E-state index is 12.4. The lowest BCUT2D eigenvalue weighted by atomic mass is 9.95. The molecule has 0 saturated carbocycles. The Morgan fingerprint density at radius 3 is 3.16 bits per heavy atom. The Bertz CT molecular complexity index is 498. The molecule has 1 aromatic heterocycles. The summed E-state index contributed by atoms with van der Waals surface area (Å²) in [5, 5.41) is 8.66. The van der Waals surface area contributed by atoms with Crippen LogP contribution < -0.4 is 0 Å². The highest BCUT2D eigenvalue weighted by molar-refractivity contribution is 7.14. The SMILES string of the molecule is CCC1CCCN(C(=O)c2ccc(C#CCO)s2)C1. The molecule has 1 saturated heterocycles. The number of hydrogen-bond acceptors (Lipinski definition) is 3. The predicted octanol–water partition coefficient (Wildman–Crippen LogP) is 2.35. The number of nitrogens with zero attached hydrogens (tertiary/aromatic N) is 1. The highest BCUT2D eigenvalue weighted by Crippen LogP contribution is 2.23. The van der Waals surface area contributed by atoms with Crippen molar-refractivity contribution >= 4 is 17.2 Å². The van der Waals surface area contributed by atoms with Gasteiger partial charge in [-0.1, -0.05) is 25.2 Å². The monoisotopic (exact) mass is 277 g/mol. The van der Waals surface area contributed by atoms with Gasteiger partial charge in [-0.15, -0.1) is 11.3 Å². The van der Waals surface area contributed by atoms with Crippen molar-refractivity contribution in [2.45, 2.75) is 26.2 Å². The maximum Gasteiger partial charge on any atom is 0.263 e. The van der Waals surface area contributed by atoms with Gasteiger partial charge in [-0.05, 0) is 30.9 Å². The van der Waals surface area contributed by atoms with Gasteiger partial charge in [0.15, 0.2) is 0 Å². The lowest BCUT2D eigenvalue weighted by molar-refractivity contribution is 0.0676. The average Bonchev–Trinajstić information content (AvgIpc) is 2.93. The number of hydrogen-bond donors (Lipinski definition) is 1. The maximum atomic E-state index is 12.4. The minimum atomic E-state index is -0.147. The fraction of sp³-hybridized carbons (Fsp3) is 0.533. The van der Waals surface area contributed by atoms with Crippen molar-refractivity contribution in [2.75, 3.05) is 19.7 Å². The molecule has 102 valence electrons. The molecule has 0 radical (unpaired) electrons. The molecule has 1 N–H and O–H groups in total. The Hall–Kier alpha value is -1.31. The summed E-state index contributed by atoms with van der Waals surface area (Å²) < 4.78 is 0. The molecule has 0 aromatic carbocycles. The standard InChI is InChI=1S/C15H19NO2S/c1-2-12-5-3-9-16(11-12)15(18)14-8-7-13(19-14)6-4-10-17/h7-8,12,17H,2-3,5,9-11H2,1H3. The number of amides is 1. The summed E-state index contributed by atoms with van der Waals surface area (Å²) in [5.41, 5.74) is 0. The van der Waals surface area contributed by atoms with Crippen LogP contribution in [0.1, 0.15) is 40.7 Å². The van der Waals surface area contributed by atoms with Crippen LogP contribution in [-0.4, -0.2) is 35.6 Å². The molecule has 0 spiro atoms. The van der Waals surface area contributed by atoms with Gasteiger partial charge in [0, 0.05) is 13.1 Å². The normalized spacial score (nSPS) is 18.8. The van der Waals surface area contributed by atoms with E-state index in [1.807, 2.05) is 17.0 Å². The molecule has 1 aliphatic heterocycles. The Balaban J connectivity index is 2.04. The Morgan fingerprint density at radius 1 is 1.58 bits per heavy atom. The summed E-state index contributed by atoms with van der Waals surface area (Å²) in [6.07, 6.45) is 3.48. The highest BCUT2D eigenvalue weighted by Gasteiger charge is 2.24. The molecule has 1 atom stereocenters. The molecule has 3 nitrogen and oxygen atoms in total. The molecule has 0 aliphatic carbocycles. The van der Waals surface area contributed by atoms with Crippen LogP contribution >= 0.6 is 11.3 Å². The largest absolute Gasteiger partial charge is 0.384 e. The second-order valence-electron chi connectivity index (χ2n) is 4.79. The van der Waals surface area contributed by atoms with E-state index in [1.165, 1.54) is 17.8 Å². The van der Waals surface area contributed by atoms with Crippen LogP contribution in [-0.2, 0) is 0 Å². The number of carbonyl (C=O) groups excluding carboxylic acids is 1. The fourth-order valence-corrected chi connectivity index (χ4v) is 3.23. The van der Waals surface area contributed by atoms with Gasteiger partial charge in [0.2, 0.25) is 0 Å².